The van der Waals surface area contributed by atoms with Crippen LogP contribution in [-0.4, -0.2) is 12.1 Å². The standard InChI is InChI=1S/C13H9F4NO/c1-19-12-11(6-10(14)7-18-12)8-2-4-9(5-3-8)13(15,16)17/h2-7H,1H3. The molecule has 6 heteroatoms. The van der Waals surface area contributed by atoms with Crippen LogP contribution in [0.1, 0.15) is 5.56 Å². The normalized spacial score (nSPS) is 11.4. The van der Waals surface area contributed by atoms with Crippen LogP contribution in [0.15, 0.2) is 36.5 Å². The molecule has 0 atom stereocenters. The van der Waals surface area contributed by atoms with Gasteiger partial charge >= 0.3 is 6.18 Å². The Morgan fingerprint density at radius 3 is 2.26 bits per heavy atom. The molecule has 1 aromatic heterocycles. The molecule has 0 N–H and O–H groups in total. The zero-order valence-electron chi connectivity index (χ0n) is 9.83. The van der Waals surface area contributed by atoms with Crippen molar-refractivity contribution in [2.75, 3.05) is 7.11 Å². The fourth-order valence-corrected chi connectivity index (χ4v) is 1.63. The Kier molecular flexibility index (Phi) is 3.42. The zero-order chi connectivity index (χ0) is 14.0. The zero-order valence-corrected chi connectivity index (χ0v) is 9.83. The number of hydrogen-bond donors (Lipinski definition) is 0. The lowest BCUT2D eigenvalue weighted by molar-refractivity contribution is -0.137. The average molecular weight is 271 g/mol. The first-order valence-corrected chi connectivity index (χ1v) is 5.29. The molecule has 0 aliphatic rings. The van der Waals surface area contributed by atoms with Crippen LogP contribution in [-0.2, 0) is 6.18 Å². The van der Waals surface area contributed by atoms with Gasteiger partial charge in [-0.3, -0.25) is 0 Å². The maximum Gasteiger partial charge on any atom is 0.416 e. The van der Waals surface area contributed by atoms with Crippen LogP contribution in [0.3, 0.4) is 0 Å². The number of aromatic nitrogens is 1. The van der Waals surface area contributed by atoms with Crippen molar-refractivity contribution in [1.29, 1.82) is 0 Å². The van der Waals surface area contributed by atoms with E-state index < -0.39 is 17.6 Å². The Hall–Kier alpha value is -2.11. The molecule has 0 fully saturated rings. The lowest BCUT2D eigenvalue weighted by Gasteiger charge is -2.10. The van der Waals surface area contributed by atoms with E-state index in [9.17, 15) is 17.6 Å². The Balaban J connectivity index is 2.45. The van der Waals surface area contributed by atoms with Gasteiger partial charge in [-0.05, 0) is 23.8 Å². The summed E-state index contributed by atoms with van der Waals surface area (Å²) >= 11 is 0. The van der Waals surface area contributed by atoms with Crippen molar-refractivity contribution >= 4 is 0 Å². The molecule has 0 saturated carbocycles. The molecule has 0 unspecified atom stereocenters. The molecule has 0 bridgehead atoms. The van der Waals surface area contributed by atoms with Gasteiger partial charge in [0, 0.05) is 5.56 Å². The summed E-state index contributed by atoms with van der Waals surface area (Å²) in [6.45, 7) is 0. The molecule has 1 heterocycles. The van der Waals surface area contributed by atoms with Gasteiger partial charge in [0.05, 0.1) is 18.9 Å². The minimum absolute atomic E-state index is 0.154. The molecular weight excluding hydrogens is 262 g/mol. The highest BCUT2D eigenvalue weighted by Gasteiger charge is 2.30. The van der Waals surface area contributed by atoms with E-state index in [4.69, 9.17) is 4.74 Å². The highest BCUT2D eigenvalue weighted by molar-refractivity contribution is 5.68. The molecule has 0 aliphatic heterocycles. The third-order valence-electron chi connectivity index (χ3n) is 2.53. The van der Waals surface area contributed by atoms with E-state index in [2.05, 4.69) is 4.98 Å². The maximum atomic E-state index is 13.1. The largest absolute Gasteiger partial charge is 0.481 e. The highest BCUT2D eigenvalue weighted by Crippen LogP contribution is 2.33. The van der Waals surface area contributed by atoms with Crippen molar-refractivity contribution in [3.63, 3.8) is 0 Å². The predicted octanol–water partition coefficient (Wildman–Crippen LogP) is 3.92. The summed E-state index contributed by atoms with van der Waals surface area (Å²) in [5, 5.41) is 0. The van der Waals surface area contributed by atoms with Crippen molar-refractivity contribution in [2.45, 2.75) is 6.18 Å². The molecule has 0 amide bonds. The second-order valence-electron chi connectivity index (χ2n) is 3.79. The van der Waals surface area contributed by atoms with Crippen LogP contribution in [0, 0.1) is 5.82 Å². The minimum Gasteiger partial charge on any atom is -0.481 e. The van der Waals surface area contributed by atoms with Gasteiger partial charge in [0.1, 0.15) is 5.82 Å². The first-order valence-electron chi connectivity index (χ1n) is 5.29. The van der Waals surface area contributed by atoms with Crippen LogP contribution in [0.25, 0.3) is 11.1 Å². The lowest BCUT2D eigenvalue weighted by atomic mass is 10.0. The molecule has 1 aromatic carbocycles. The SMILES string of the molecule is COc1ncc(F)cc1-c1ccc(C(F)(F)F)cc1. The number of halogens is 4. The molecule has 100 valence electrons. The third-order valence-corrected chi connectivity index (χ3v) is 2.53. The third kappa shape index (κ3) is 2.83. The van der Waals surface area contributed by atoms with Crippen LogP contribution in [0.5, 0.6) is 5.88 Å². The Morgan fingerprint density at radius 1 is 1.11 bits per heavy atom. The van der Waals surface area contributed by atoms with Crippen LogP contribution in [0.4, 0.5) is 17.6 Å². The summed E-state index contributed by atoms with van der Waals surface area (Å²) in [6.07, 6.45) is -3.42. The van der Waals surface area contributed by atoms with E-state index in [-0.39, 0.29) is 5.88 Å². The summed E-state index contributed by atoms with van der Waals surface area (Å²) in [6, 6.07) is 5.53. The smallest absolute Gasteiger partial charge is 0.416 e. The number of hydrogen-bond acceptors (Lipinski definition) is 2. The monoisotopic (exact) mass is 271 g/mol. The maximum absolute atomic E-state index is 13.1. The second kappa shape index (κ2) is 4.87. The van der Waals surface area contributed by atoms with Crippen LogP contribution >= 0.6 is 0 Å². The molecule has 2 nitrogen and oxygen atoms in total. The van der Waals surface area contributed by atoms with Gasteiger partial charge in [-0.2, -0.15) is 13.2 Å². The summed E-state index contributed by atoms with van der Waals surface area (Å²) < 4.78 is 55.4. The predicted molar refractivity (Wildman–Crippen MR) is 61.2 cm³/mol. The van der Waals surface area contributed by atoms with Crippen LogP contribution < -0.4 is 4.74 Å². The highest BCUT2D eigenvalue weighted by atomic mass is 19.4. The van der Waals surface area contributed by atoms with Gasteiger partial charge in [-0.1, -0.05) is 12.1 Å². The molecule has 2 aromatic rings. The number of alkyl halides is 3. The number of benzene rings is 1. The Labute approximate surface area is 106 Å². The van der Waals surface area contributed by atoms with Crippen molar-refractivity contribution in [3.05, 3.63) is 47.9 Å². The fourth-order valence-electron chi connectivity index (χ4n) is 1.63. The number of nitrogens with zero attached hydrogens (tertiary/aromatic N) is 1. The molecule has 0 spiro atoms. The van der Waals surface area contributed by atoms with Crippen molar-refractivity contribution < 1.29 is 22.3 Å². The molecule has 2 rings (SSSR count). The molecule has 0 aliphatic carbocycles. The van der Waals surface area contributed by atoms with Gasteiger partial charge in [-0.25, -0.2) is 9.37 Å². The Bertz CT molecular complexity index is 578. The number of ether oxygens (including phenoxy) is 1. The number of methoxy groups -OCH3 is 1. The van der Waals surface area contributed by atoms with E-state index in [0.717, 1.165) is 24.4 Å². The van der Waals surface area contributed by atoms with E-state index >= 15 is 0 Å². The summed E-state index contributed by atoms with van der Waals surface area (Å²) in [4.78, 5) is 3.72. The van der Waals surface area contributed by atoms with E-state index in [1.165, 1.54) is 19.2 Å². The van der Waals surface area contributed by atoms with E-state index in [1.54, 1.807) is 0 Å². The summed E-state index contributed by atoms with van der Waals surface area (Å²) in [5.41, 5.74) is -0.0624. The fraction of sp³-hybridized carbons (Fsp3) is 0.154. The lowest BCUT2D eigenvalue weighted by Crippen LogP contribution is -2.04. The number of rotatable bonds is 2. The molecule has 0 radical (unpaired) electrons. The van der Waals surface area contributed by atoms with E-state index in [1.807, 2.05) is 0 Å². The van der Waals surface area contributed by atoms with Gasteiger partial charge < -0.3 is 4.74 Å². The quantitative estimate of drug-likeness (QED) is 0.772. The van der Waals surface area contributed by atoms with Crippen molar-refractivity contribution in [2.24, 2.45) is 0 Å². The minimum atomic E-state index is -4.40. The molecule has 0 saturated heterocycles. The van der Waals surface area contributed by atoms with Gasteiger partial charge in [0.2, 0.25) is 5.88 Å². The molecule has 19 heavy (non-hydrogen) atoms. The van der Waals surface area contributed by atoms with Crippen molar-refractivity contribution in [1.82, 2.24) is 4.98 Å². The average Bonchev–Trinajstić information content (AvgIpc) is 2.38. The topological polar surface area (TPSA) is 22.1 Å². The first kappa shape index (κ1) is 13.3. The second-order valence-corrected chi connectivity index (χ2v) is 3.79. The number of pyridine rings is 1. The van der Waals surface area contributed by atoms with Gasteiger partial charge in [0.25, 0.3) is 0 Å². The van der Waals surface area contributed by atoms with E-state index in [0.29, 0.717) is 11.1 Å². The Morgan fingerprint density at radius 2 is 1.74 bits per heavy atom. The van der Waals surface area contributed by atoms with Gasteiger partial charge in [-0.15, -0.1) is 0 Å². The van der Waals surface area contributed by atoms with Gasteiger partial charge in [0.15, 0.2) is 0 Å². The first-order chi connectivity index (χ1) is 8.91. The summed E-state index contributed by atoms with van der Waals surface area (Å²) in [7, 11) is 1.35. The molecular formula is C13H9F4NO. The van der Waals surface area contributed by atoms with Crippen LogP contribution in [0.2, 0.25) is 0 Å². The van der Waals surface area contributed by atoms with Crippen molar-refractivity contribution in [3.8, 4) is 17.0 Å². The summed E-state index contributed by atoms with van der Waals surface area (Å²) in [5.74, 6) is -0.433.